The molecule has 4 heteroatoms. The molecule has 0 saturated heterocycles. The number of unbranched alkanes of at least 4 members (excludes halogenated alkanes) is 1. The molecule has 1 N–H and O–H groups in total. The fourth-order valence-electron chi connectivity index (χ4n) is 1.33. The average molecular weight is 221 g/mol. The summed E-state index contributed by atoms with van der Waals surface area (Å²) >= 11 is 0. The summed E-state index contributed by atoms with van der Waals surface area (Å²) in [5, 5.41) is 3.14. The zero-order chi connectivity index (χ0) is 11.0. The van der Waals surface area contributed by atoms with Gasteiger partial charge in [-0.1, -0.05) is 13.3 Å². The van der Waals surface area contributed by atoms with E-state index in [-0.39, 0.29) is 0 Å². The van der Waals surface area contributed by atoms with Gasteiger partial charge < -0.3 is 5.32 Å². The molecule has 0 bridgehead atoms. The smallest absolute Gasteiger partial charge is 0.150 e. The van der Waals surface area contributed by atoms with Gasteiger partial charge >= 0.3 is 0 Å². The van der Waals surface area contributed by atoms with Gasteiger partial charge in [0.15, 0.2) is 0 Å². The summed E-state index contributed by atoms with van der Waals surface area (Å²) in [6.45, 7) is 4.02. The minimum Gasteiger partial charge on any atom is -0.317 e. The summed E-state index contributed by atoms with van der Waals surface area (Å²) in [5.74, 6) is 0.700. The van der Waals surface area contributed by atoms with Crippen LogP contribution in [0.1, 0.15) is 39.5 Å². The van der Waals surface area contributed by atoms with E-state index in [1.807, 2.05) is 14.0 Å². The van der Waals surface area contributed by atoms with Crippen LogP contribution >= 0.6 is 0 Å². The van der Waals surface area contributed by atoms with Crippen LogP contribution in [0.2, 0.25) is 0 Å². The molecule has 0 aliphatic rings. The van der Waals surface area contributed by atoms with Gasteiger partial charge in [-0.3, -0.25) is 0 Å². The van der Waals surface area contributed by atoms with Crippen molar-refractivity contribution in [2.45, 2.75) is 45.6 Å². The summed E-state index contributed by atoms with van der Waals surface area (Å²) in [6, 6.07) is 0.490. The molecule has 0 aromatic carbocycles. The molecule has 0 aromatic rings. The highest BCUT2D eigenvalue weighted by molar-refractivity contribution is 7.91. The SMILES string of the molecule is CCCS(=O)(=O)CCCCC(C)NC. The molecule has 1 atom stereocenters. The van der Waals surface area contributed by atoms with Crippen molar-refractivity contribution in [1.82, 2.24) is 5.32 Å². The molecular formula is C10H23NO2S. The van der Waals surface area contributed by atoms with Crippen molar-refractivity contribution >= 4 is 9.84 Å². The number of nitrogens with one attached hydrogen (secondary N) is 1. The molecule has 0 fully saturated rings. The van der Waals surface area contributed by atoms with Crippen molar-refractivity contribution in [3.63, 3.8) is 0 Å². The second kappa shape index (κ2) is 7.23. The molecule has 0 heterocycles. The summed E-state index contributed by atoms with van der Waals surface area (Å²) in [6.07, 6.45) is 3.58. The van der Waals surface area contributed by atoms with Crippen LogP contribution < -0.4 is 5.32 Å². The Kier molecular flexibility index (Phi) is 7.19. The van der Waals surface area contributed by atoms with Crippen LogP contribution in [0.15, 0.2) is 0 Å². The lowest BCUT2D eigenvalue weighted by Gasteiger charge is -2.09. The highest BCUT2D eigenvalue weighted by atomic mass is 32.2. The third-order valence-electron chi connectivity index (χ3n) is 2.35. The second-order valence-corrected chi connectivity index (χ2v) is 6.14. The third-order valence-corrected chi connectivity index (χ3v) is 4.29. The maximum Gasteiger partial charge on any atom is 0.150 e. The van der Waals surface area contributed by atoms with E-state index in [0.717, 1.165) is 25.7 Å². The minimum absolute atomic E-state index is 0.342. The van der Waals surface area contributed by atoms with Crippen molar-refractivity contribution in [1.29, 1.82) is 0 Å². The molecule has 0 saturated carbocycles. The maximum absolute atomic E-state index is 11.3. The van der Waals surface area contributed by atoms with Crippen LogP contribution in [-0.2, 0) is 9.84 Å². The summed E-state index contributed by atoms with van der Waals surface area (Å²) in [7, 11) is -0.828. The molecule has 0 aliphatic carbocycles. The quantitative estimate of drug-likeness (QED) is 0.633. The maximum atomic E-state index is 11.3. The van der Waals surface area contributed by atoms with Gasteiger partial charge in [-0.25, -0.2) is 8.42 Å². The van der Waals surface area contributed by atoms with Gasteiger partial charge in [0, 0.05) is 11.8 Å². The van der Waals surface area contributed by atoms with Gasteiger partial charge in [0.1, 0.15) is 9.84 Å². The van der Waals surface area contributed by atoms with E-state index < -0.39 is 9.84 Å². The molecule has 0 amide bonds. The van der Waals surface area contributed by atoms with E-state index >= 15 is 0 Å². The fourth-order valence-corrected chi connectivity index (χ4v) is 2.80. The predicted octanol–water partition coefficient (Wildman–Crippen LogP) is 1.59. The number of rotatable bonds is 8. The Morgan fingerprint density at radius 1 is 1.21 bits per heavy atom. The van der Waals surface area contributed by atoms with Crippen LogP contribution in [0.25, 0.3) is 0 Å². The molecule has 0 rings (SSSR count). The molecule has 3 nitrogen and oxygen atoms in total. The molecule has 1 unspecified atom stereocenters. The van der Waals surface area contributed by atoms with Crippen LogP contribution in [0.3, 0.4) is 0 Å². The van der Waals surface area contributed by atoms with Crippen LogP contribution in [-0.4, -0.2) is 33.0 Å². The summed E-state index contributed by atoms with van der Waals surface area (Å²) in [5.41, 5.74) is 0. The van der Waals surface area contributed by atoms with Gasteiger partial charge in [0.25, 0.3) is 0 Å². The summed E-state index contributed by atoms with van der Waals surface area (Å²) < 4.78 is 22.7. The fraction of sp³-hybridized carbons (Fsp3) is 1.00. The van der Waals surface area contributed by atoms with Gasteiger partial charge in [0.05, 0.1) is 5.75 Å². The molecule has 0 spiro atoms. The Balaban J connectivity index is 3.54. The van der Waals surface area contributed by atoms with Crippen LogP contribution in [0, 0.1) is 0 Å². The first kappa shape index (κ1) is 13.9. The van der Waals surface area contributed by atoms with Gasteiger partial charge in [-0.2, -0.15) is 0 Å². The van der Waals surface area contributed by atoms with Gasteiger partial charge in [0.2, 0.25) is 0 Å². The van der Waals surface area contributed by atoms with Crippen molar-refractivity contribution in [2.24, 2.45) is 0 Å². The molecule has 0 aromatic heterocycles. The largest absolute Gasteiger partial charge is 0.317 e. The third kappa shape index (κ3) is 7.33. The van der Waals surface area contributed by atoms with E-state index in [0.29, 0.717) is 17.5 Å². The normalized spacial score (nSPS) is 14.2. The average Bonchev–Trinajstić information content (AvgIpc) is 2.12. The number of hydrogen-bond acceptors (Lipinski definition) is 3. The first-order chi connectivity index (χ1) is 6.52. The molecule has 0 aliphatic heterocycles. The molecular weight excluding hydrogens is 198 g/mol. The van der Waals surface area contributed by atoms with Crippen molar-refractivity contribution < 1.29 is 8.42 Å². The number of hydrogen-bond donors (Lipinski definition) is 1. The second-order valence-electron chi connectivity index (χ2n) is 3.84. The Morgan fingerprint density at radius 2 is 1.86 bits per heavy atom. The molecule has 0 radical (unpaired) electrons. The Labute approximate surface area is 88.2 Å². The molecule has 14 heavy (non-hydrogen) atoms. The van der Waals surface area contributed by atoms with Gasteiger partial charge in [-0.05, 0) is 33.2 Å². The zero-order valence-corrected chi connectivity index (χ0v) is 10.4. The lowest BCUT2D eigenvalue weighted by molar-refractivity contribution is 0.533. The summed E-state index contributed by atoms with van der Waals surface area (Å²) in [4.78, 5) is 0. The van der Waals surface area contributed by atoms with Crippen molar-refractivity contribution in [3.05, 3.63) is 0 Å². The highest BCUT2D eigenvalue weighted by Crippen LogP contribution is 2.04. The topological polar surface area (TPSA) is 46.2 Å². The standard InChI is InChI=1S/C10H23NO2S/c1-4-8-14(12,13)9-6-5-7-10(2)11-3/h10-11H,4-9H2,1-3H3. The van der Waals surface area contributed by atoms with Crippen molar-refractivity contribution in [2.75, 3.05) is 18.6 Å². The van der Waals surface area contributed by atoms with Crippen LogP contribution in [0.4, 0.5) is 0 Å². The predicted molar refractivity (Wildman–Crippen MR) is 61.3 cm³/mol. The van der Waals surface area contributed by atoms with E-state index in [1.54, 1.807) is 0 Å². The molecule has 86 valence electrons. The van der Waals surface area contributed by atoms with E-state index in [2.05, 4.69) is 12.2 Å². The van der Waals surface area contributed by atoms with Gasteiger partial charge in [-0.15, -0.1) is 0 Å². The Bertz CT molecular complexity index is 224. The first-order valence-electron chi connectivity index (χ1n) is 5.39. The number of sulfone groups is 1. The lowest BCUT2D eigenvalue weighted by atomic mass is 10.1. The van der Waals surface area contributed by atoms with Crippen molar-refractivity contribution in [3.8, 4) is 0 Å². The monoisotopic (exact) mass is 221 g/mol. The van der Waals surface area contributed by atoms with E-state index in [1.165, 1.54) is 0 Å². The minimum atomic E-state index is -2.76. The first-order valence-corrected chi connectivity index (χ1v) is 7.21. The Hall–Kier alpha value is -0.0900. The van der Waals surface area contributed by atoms with E-state index in [4.69, 9.17) is 0 Å². The van der Waals surface area contributed by atoms with E-state index in [9.17, 15) is 8.42 Å². The highest BCUT2D eigenvalue weighted by Gasteiger charge is 2.08. The Morgan fingerprint density at radius 3 is 2.36 bits per heavy atom. The lowest BCUT2D eigenvalue weighted by Crippen LogP contribution is -2.21. The van der Waals surface area contributed by atoms with Crippen LogP contribution in [0.5, 0.6) is 0 Å². The zero-order valence-electron chi connectivity index (χ0n) is 9.54.